The Bertz CT molecular complexity index is 1020. The van der Waals surface area contributed by atoms with E-state index in [-0.39, 0.29) is 6.04 Å². The van der Waals surface area contributed by atoms with Crippen LogP contribution in [0.5, 0.6) is 5.75 Å². The van der Waals surface area contributed by atoms with Crippen LogP contribution in [0.3, 0.4) is 0 Å². The predicted molar refractivity (Wildman–Crippen MR) is 117 cm³/mol. The normalized spacial score (nSPS) is 16.2. The molecule has 0 spiro atoms. The lowest BCUT2D eigenvalue weighted by Crippen LogP contribution is -2.18. The van der Waals surface area contributed by atoms with E-state index in [1.807, 2.05) is 65.7 Å². The fraction of sp³-hybridized carbons (Fsp3) is 0.136. The van der Waals surface area contributed by atoms with Crippen molar-refractivity contribution in [3.05, 3.63) is 92.9 Å². The Morgan fingerprint density at radius 2 is 1.57 bits per heavy atom. The second kappa shape index (κ2) is 8.04. The number of anilines is 1. The van der Waals surface area contributed by atoms with Gasteiger partial charge in [0.2, 0.25) is 0 Å². The van der Waals surface area contributed by atoms with Crippen molar-refractivity contribution in [1.82, 2.24) is 0 Å². The molecule has 0 bridgehead atoms. The molecule has 1 heterocycles. The third-order valence-corrected chi connectivity index (χ3v) is 5.53. The van der Waals surface area contributed by atoms with Gasteiger partial charge in [-0.1, -0.05) is 46.9 Å². The van der Waals surface area contributed by atoms with Crippen LogP contribution in [0.2, 0.25) is 15.1 Å². The van der Waals surface area contributed by atoms with Crippen LogP contribution in [-0.2, 0) is 0 Å². The third-order valence-electron chi connectivity index (χ3n) is 4.74. The number of halogens is 3. The number of hydrogen-bond donors (Lipinski definition) is 0. The summed E-state index contributed by atoms with van der Waals surface area (Å²) in [7, 11) is 1.66. The number of nitrogens with zero attached hydrogens (tertiary/aromatic N) is 2. The molecule has 28 heavy (non-hydrogen) atoms. The Balaban J connectivity index is 1.75. The second-order valence-electron chi connectivity index (χ2n) is 6.49. The molecule has 1 aliphatic rings. The van der Waals surface area contributed by atoms with Crippen LogP contribution in [0, 0.1) is 0 Å². The summed E-state index contributed by atoms with van der Waals surface area (Å²) in [5.41, 5.74) is 3.96. The molecule has 3 nitrogen and oxygen atoms in total. The van der Waals surface area contributed by atoms with Crippen molar-refractivity contribution >= 4 is 46.2 Å². The summed E-state index contributed by atoms with van der Waals surface area (Å²) in [5, 5.41) is 8.72. The summed E-state index contributed by atoms with van der Waals surface area (Å²) >= 11 is 18.6. The van der Waals surface area contributed by atoms with Crippen molar-refractivity contribution < 1.29 is 4.74 Å². The highest BCUT2D eigenvalue weighted by atomic mass is 35.5. The molecule has 0 radical (unpaired) electrons. The molecule has 0 fully saturated rings. The predicted octanol–water partition coefficient (Wildman–Crippen LogP) is 7.01. The molecular weight excluding hydrogens is 415 g/mol. The zero-order valence-corrected chi connectivity index (χ0v) is 17.3. The fourth-order valence-corrected chi connectivity index (χ4v) is 3.92. The van der Waals surface area contributed by atoms with Gasteiger partial charge in [0.15, 0.2) is 0 Å². The number of hydrazone groups is 1. The van der Waals surface area contributed by atoms with Gasteiger partial charge in [-0.25, -0.2) is 0 Å². The second-order valence-corrected chi connectivity index (χ2v) is 7.77. The van der Waals surface area contributed by atoms with E-state index in [9.17, 15) is 0 Å². The van der Waals surface area contributed by atoms with Crippen molar-refractivity contribution in [2.45, 2.75) is 12.5 Å². The van der Waals surface area contributed by atoms with Crippen LogP contribution in [0.1, 0.15) is 23.6 Å². The highest BCUT2D eigenvalue weighted by Crippen LogP contribution is 2.40. The molecule has 3 aromatic rings. The first-order valence-electron chi connectivity index (χ1n) is 8.77. The first kappa shape index (κ1) is 19.1. The minimum atomic E-state index is 0.00745. The van der Waals surface area contributed by atoms with Crippen molar-refractivity contribution in [1.29, 1.82) is 0 Å². The summed E-state index contributed by atoms with van der Waals surface area (Å²) in [6, 6.07) is 21.2. The van der Waals surface area contributed by atoms with Gasteiger partial charge in [0, 0.05) is 16.5 Å². The summed E-state index contributed by atoms with van der Waals surface area (Å²) in [4.78, 5) is 0. The van der Waals surface area contributed by atoms with Crippen LogP contribution in [0.25, 0.3) is 0 Å². The SMILES string of the molecule is COc1ccc(C2=NN(c3ccc(Cl)cc3Cl)[C@@H](c3ccc(Cl)cc3)C2)cc1. The third kappa shape index (κ3) is 3.83. The summed E-state index contributed by atoms with van der Waals surface area (Å²) in [6.07, 6.45) is 0.743. The van der Waals surface area contributed by atoms with Gasteiger partial charge in [0.1, 0.15) is 5.75 Å². The van der Waals surface area contributed by atoms with E-state index in [2.05, 4.69) is 0 Å². The average molecular weight is 432 g/mol. The fourth-order valence-electron chi connectivity index (χ4n) is 3.30. The zero-order chi connectivity index (χ0) is 19.7. The molecule has 0 saturated heterocycles. The quantitative estimate of drug-likeness (QED) is 0.444. The van der Waals surface area contributed by atoms with Gasteiger partial charge < -0.3 is 4.74 Å². The van der Waals surface area contributed by atoms with Crippen molar-refractivity contribution in [2.75, 3.05) is 12.1 Å². The lowest BCUT2D eigenvalue weighted by Gasteiger charge is -2.25. The Morgan fingerprint density at radius 1 is 0.893 bits per heavy atom. The minimum absolute atomic E-state index is 0.00745. The monoisotopic (exact) mass is 430 g/mol. The van der Waals surface area contributed by atoms with E-state index < -0.39 is 0 Å². The molecule has 0 saturated carbocycles. The number of hydrogen-bond acceptors (Lipinski definition) is 3. The molecule has 0 N–H and O–H groups in total. The van der Waals surface area contributed by atoms with Gasteiger partial charge in [-0.3, -0.25) is 5.01 Å². The van der Waals surface area contributed by atoms with Gasteiger partial charge in [0.25, 0.3) is 0 Å². The van der Waals surface area contributed by atoms with E-state index in [0.717, 1.165) is 34.7 Å². The van der Waals surface area contributed by atoms with Gasteiger partial charge in [0.05, 0.1) is 29.6 Å². The number of rotatable bonds is 4. The maximum absolute atomic E-state index is 6.49. The molecule has 0 aromatic heterocycles. The van der Waals surface area contributed by atoms with E-state index in [4.69, 9.17) is 44.6 Å². The first-order valence-corrected chi connectivity index (χ1v) is 9.90. The minimum Gasteiger partial charge on any atom is -0.497 e. The van der Waals surface area contributed by atoms with Crippen LogP contribution in [-0.4, -0.2) is 12.8 Å². The van der Waals surface area contributed by atoms with Crippen LogP contribution >= 0.6 is 34.8 Å². The van der Waals surface area contributed by atoms with Crippen molar-refractivity contribution in [3.63, 3.8) is 0 Å². The van der Waals surface area contributed by atoms with Gasteiger partial charge >= 0.3 is 0 Å². The zero-order valence-electron chi connectivity index (χ0n) is 15.1. The molecule has 4 rings (SSSR count). The van der Waals surface area contributed by atoms with E-state index in [0.29, 0.717) is 15.1 Å². The number of methoxy groups -OCH3 is 1. The van der Waals surface area contributed by atoms with Gasteiger partial charge in [-0.2, -0.15) is 5.10 Å². The maximum Gasteiger partial charge on any atom is 0.118 e. The molecule has 3 aromatic carbocycles. The molecule has 142 valence electrons. The number of ether oxygens (including phenoxy) is 1. The van der Waals surface area contributed by atoms with E-state index >= 15 is 0 Å². The Hall–Kier alpha value is -2.20. The molecule has 6 heteroatoms. The lowest BCUT2D eigenvalue weighted by molar-refractivity contribution is 0.415. The molecule has 0 unspecified atom stereocenters. The van der Waals surface area contributed by atoms with Crippen molar-refractivity contribution in [3.8, 4) is 5.75 Å². The van der Waals surface area contributed by atoms with Gasteiger partial charge in [-0.05, 0) is 65.7 Å². The van der Waals surface area contributed by atoms with Gasteiger partial charge in [-0.15, -0.1) is 0 Å². The smallest absolute Gasteiger partial charge is 0.118 e. The standard InChI is InChI=1S/C22H17Cl3N2O/c1-28-18-9-4-14(5-10-18)20-13-22(15-2-6-16(23)7-3-15)27(26-20)21-11-8-17(24)12-19(21)25/h2-12,22H,13H2,1H3/t22-/m1/s1. The van der Waals surface area contributed by atoms with E-state index in [1.165, 1.54) is 0 Å². The molecule has 0 amide bonds. The van der Waals surface area contributed by atoms with Crippen LogP contribution in [0.15, 0.2) is 71.8 Å². The average Bonchev–Trinajstić information content (AvgIpc) is 3.13. The Morgan fingerprint density at radius 3 is 2.21 bits per heavy atom. The largest absolute Gasteiger partial charge is 0.497 e. The molecule has 1 atom stereocenters. The summed E-state index contributed by atoms with van der Waals surface area (Å²) < 4.78 is 5.26. The highest BCUT2D eigenvalue weighted by Gasteiger charge is 2.31. The summed E-state index contributed by atoms with van der Waals surface area (Å²) in [6.45, 7) is 0. The Kier molecular flexibility index (Phi) is 5.49. The summed E-state index contributed by atoms with van der Waals surface area (Å²) in [5.74, 6) is 0.814. The number of benzene rings is 3. The first-order chi connectivity index (χ1) is 13.5. The molecule has 0 aliphatic carbocycles. The Labute approximate surface area is 179 Å². The lowest BCUT2D eigenvalue weighted by atomic mass is 9.98. The maximum atomic E-state index is 6.49. The van der Waals surface area contributed by atoms with E-state index in [1.54, 1.807) is 13.2 Å². The molecule has 1 aliphatic heterocycles. The highest BCUT2D eigenvalue weighted by molar-refractivity contribution is 6.36. The topological polar surface area (TPSA) is 24.8 Å². The van der Waals surface area contributed by atoms with Crippen LogP contribution in [0.4, 0.5) is 5.69 Å². The van der Waals surface area contributed by atoms with Crippen LogP contribution < -0.4 is 9.75 Å². The molecular formula is C22H17Cl3N2O. The van der Waals surface area contributed by atoms with Crippen molar-refractivity contribution in [2.24, 2.45) is 5.10 Å².